The molecule has 0 spiro atoms. The highest BCUT2D eigenvalue weighted by atomic mass is 16.2. The number of carbonyl (C=O) groups is 1. The number of carbonyl (C=O) groups excluding carboxylic acids is 1. The van der Waals surface area contributed by atoms with Crippen molar-refractivity contribution in [1.29, 1.82) is 0 Å². The predicted molar refractivity (Wildman–Crippen MR) is 99.3 cm³/mol. The molecule has 6 heteroatoms. The second kappa shape index (κ2) is 5.56. The molecular formula is C20H25N5O. The summed E-state index contributed by atoms with van der Waals surface area (Å²) >= 11 is 0. The van der Waals surface area contributed by atoms with Gasteiger partial charge in [-0.3, -0.25) is 4.79 Å². The van der Waals surface area contributed by atoms with E-state index in [1.54, 1.807) is 6.92 Å². The van der Waals surface area contributed by atoms with Gasteiger partial charge in [0.15, 0.2) is 0 Å². The molecule has 1 aliphatic heterocycles. The van der Waals surface area contributed by atoms with E-state index in [1.807, 2.05) is 18.0 Å². The van der Waals surface area contributed by atoms with Crippen molar-refractivity contribution in [3.8, 4) is 11.3 Å². The summed E-state index contributed by atoms with van der Waals surface area (Å²) in [6, 6.07) is 2.57. The third-order valence-electron chi connectivity index (χ3n) is 6.31. The second-order valence-corrected chi connectivity index (χ2v) is 8.27. The van der Waals surface area contributed by atoms with Gasteiger partial charge in [0.1, 0.15) is 11.6 Å². The van der Waals surface area contributed by atoms with Crippen LogP contribution in [0.5, 0.6) is 0 Å². The third-order valence-corrected chi connectivity index (χ3v) is 6.31. The van der Waals surface area contributed by atoms with Crippen LogP contribution in [0.15, 0.2) is 18.5 Å². The largest absolute Gasteiger partial charge is 0.383 e. The lowest BCUT2D eigenvalue weighted by Gasteiger charge is -2.19. The third kappa shape index (κ3) is 2.59. The lowest BCUT2D eigenvalue weighted by molar-refractivity contribution is -0.128. The Labute approximate surface area is 153 Å². The van der Waals surface area contributed by atoms with E-state index in [0.717, 1.165) is 42.2 Å². The van der Waals surface area contributed by atoms with Crippen molar-refractivity contribution in [1.82, 2.24) is 19.4 Å². The van der Waals surface area contributed by atoms with E-state index >= 15 is 0 Å². The first-order valence-electron chi connectivity index (χ1n) is 9.57. The van der Waals surface area contributed by atoms with Gasteiger partial charge in [-0.05, 0) is 37.3 Å². The van der Waals surface area contributed by atoms with Crippen molar-refractivity contribution in [3.05, 3.63) is 29.8 Å². The van der Waals surface area contributed by atoms with Crippen LogP contribution in [0.4, 0.5) is 5.82 Å². The van der Waals surface area contributed by atoms with Gasteiger partial charge in [-0.1, -0.05) is 0 Å². The number of likely N-dealkylation sites (tertiary alicyclic amines) is 1. The first kappa shape index (κ1) is 15.9. The van der Waals surface area contributed by atoms with Gasteiger partial charge >= 0.3 is 0 Å². The number of hydrogen-bond donors (Lipinski definition) is 1. The van der Waals surface area contributed by atoms with Crippen molar-refractivity contribution in [2.24, 2.45) is 17.8 Å². The van der Waals surface area contributed by atoms with E-state index in [9.17, 15) is 4.79 Å². The molecule has 0 aromatic carbocycles. The minimum atomic E-state index is 0.198. The van der Waals surface area contributed by atoms with Gasteiger partial charge in [-0.15, -0.1) is 0 Å². The maximum atomic E-state index is 11.6. The summed E-state index contributed by atoms with van der Waals surface area (Å²) in [6.07, 6.45) is 7.72. The van der Waals surface area contributed by atoms with Crippen molar-refractivity contribution in [3.63, 3.8) is 0 Å². The quantitative estimate of drug-likeness (QED) is 0.918. The van der Waals surface area contributed by atoms with Crippen molar-refractivity contribution < 1.29 is 4.79 Å². The van der Waals surface area contributed by atoms with E-state index in [1.165, 1.54) is 18.7 Å². The van der Waals surface area contributed by atoms with Crippen LogP contribution >= 0.6 is 0 Å². The molecule has 3 fully saturated rings. The molecule has 3 heterocycles. The Kier molecular flexibility index (Phi) is 3.39. The zero-order valence-electron chi connectivity index (χ0n) is 15.4. The molecule has 1 saturated heterocycles. The van der Waals surface area contributed by atoms with Crippen LogP contribution in [-0.2, 0) is 11.2 Å². The van der Waals surface area contributed by atoms with Crippen molar-refractivity contribution in [2.45, 2.75) is 39.2 Å². The number of pyridine rings is 1. The van der Waals surface area contributed by atoms with Crippen LogP contribution in [0.1, 0.15) is 37.2 Å². The Morgan fingerprint density at radius 3 is 2.65 bits per heavy atom. The second-order valence-electron chi connectivity index (χ2n) is 8.27. The minimum absolute atomic E-state index is 0.198. The normalized spacial score (nSPS) is 26.8. The number of hydrogen-bond acceptors (Lipinski definition) is 4. The van der Waals surface area contributed by atoms with Crippen LogP contribution in [0.2, 0.25) is 0 Å². The van der Waals surface area contributed by atoms with E-state index in [0.29, 0.717) is 23.7 Å². The summed E-state index contributed by atoms with van der Waals surface area (Å²) < 4.78 is 2.41. The maximum Gasteiger partial charge on any atom is 0.219 e. The van der Waals surface area contributed by atoms with Crippen molar-refractivity contribution >= 4 is 11.7 Å². The highest BCUT2D eigenvalue weighted by molar-refractivity contribution is 5.74. The zero-order valence-corrected chi connectivity index (χ0v) is 15.4. The fraction of sp³-hybridized carbons (Fsp3) is 0.550. The number of rotatable bonds is 4. The molecule has 1 amide bonds. The SMILES string of the molecule is CC(=O)N1C[C@@H]2[C@H](C1)[C@H]2n1cc(-c2cnc(N)c(C)c2)nc1CC1CC1. The lowest BCUT2D eigenvalue weighted by Crippen LogP contribution is -2.29. The molecule has 0 radical (unpaired) electrons. The Hall–Kier alpha value is -2.37. The number of anilines is 1. The number of piperidine rings is 1. The Balaban J connectivity index is 1.44. The summed E-state index contributed by atoms with van der Waals surface area (Å²) in [5, 5.41) is 0. The Bertz CT molecular complexity index is 872. The van der Waals surface area contributed by atoms with Gasteiger partial charge in [0.2, 0.25) is 5.91 Å². The zero-order chi connectivity index (χ0) is 18.0. The van der Waals surface area contributed by atoms with Gasteiger partial charge in [-0.25, -0.2) is 9.97 Å². The fourth-order valence-corrected chi connectivity index (χ4v) is 4.45. The first-order chi connectivity index (χ1) is 12.5. The van der Waals surface area contributed by atoms with Crippen LogP contribution in [-0.4, -0.2) is 38.4 Å². The Morgan fingerprint density at radius 2 is 2.04 bits per heavy atom. The summed E-state index contributed by atoms with van der Waals surface area (Å²) in [7, 11) is 0. The predicted octanol–water partition coefficient (Wildman–Crippen LogP) is 2.44. The highest BCUT2D eigenvalue weighted by Gasteiger charge is 2.58. The van der Waals surface area contributed by atoms with Gasteiger partial charge in [0.25, 0.3) is 0 Å². The molecule has 3 atom stereocenters. The topological polar surface area (TPSA) is 77.0 Å². The fourth-order valence-electron chi connectivity index (χ4n) is 4.45. The Morgan fingerprint density at radius 1 is 1.31 bits per heavy atom. The molecule has 3 aliphatic rings. The number of nitrogens with two attached hydrogens (primary N) is 1. The highest BCUT2D eigenvalue weighted by Crippen LogP contribution is 2.56. The van der Waals surface area contributed by atoms with Crippen LogP contribution < -0.4 is 5.73 Å². The van der Waals surface area contributed by atoms with E-state index in [2.05, 4.69) is 21.8 Å². The molecule has 5 rings (SSSR count). The maximum absolute atomic E-state index is 11.6. The monoisotopic (exact) mass is 351 g/mol. The number of imidazole rings is 1. The number of nitrogen functional groups attached to an aromatic ring is 1. The van der Waals surface area contributed by atoms with E-state index < -0.39 is 0 Å². The molecule has 2 aromatic heterocycles. The number of aryl methyl sites for hydroxylation is 1. The molecule has 2 aliphatic carbocycles. The minimum Gasteiger partial charge on any atom is -0.383 e. The number of fused-ring (bicyclic) bond motifs is 1. The standard InChI is InChI=1S/C20H25N5O/c1-11-5-14(7-22-20(11)21)17-10-25(18(23-17)6-13-3-4-13)19-15-8-24(12(2)26)9-16(15)19/h5,7,10,13,15-16,19H,3-4,6,8-9H2,1-2H3,(H2,21,22)/t15-,16+,19+. The smallest absolute Gasteiger partial charge is 0.219 e. The molecule has 6 nitrogen and oxygen atoms in total. The molecule has 0 bridgehead atoms. The first-order valence-corrected chi connectivity index (χ1v) is 9.57. The van der Waals surface area contributed by atoms with Crippen LogP contribution in [0.3, 0.4) is 0 Å². The molecule has 136 valence electrons. The number of aromatic nitrogens is 3. The summed E-state index contributed by atoms with van der Waals surface area (Å²) in [6.45, 7) is 5.44. The summed E-state index contributed by atoms with van der Waals surface area (Å²) in [5.41, 5.74) is 8.87. The van der Waals surface area contributed by atoms with Gasteiger partial charge in [0, 0.05) is 62.3 Å². The van der Waals surface area contributed by atoms with Gasteiger partial charge in [-0.2, -0.15) is 0 Å². The summed E-state index contributed by atoms with van der Waals surface area (Å²) in [4.78, 5) is 22.9. The van der Waals surface area contributed by atoms with Crippen LogP contribution in [0, 0.1) is 24.7 Å². The van der Waals surface area contributed by atoms with Crippen LogP contribution in [0.25, 0.3) is 11.3 Å². The molecule has 26 heavy (non-hydrogen) atoms. The van der Waals surface area contributed by atoms with E-state index in [4.69, 9.17) is 10.7 Å². The van der Waals surface area contributed by atoms with Gasteiger partial charge < -0.3 is 15.2 Å². The van der Waals surface area contributed by atoms with Crippen molar-refractivity contribution in [2.75, 3.05) is 18.8 Å². The molecular weight excluding hydrogens is 326 g/mol. The number of amides is 1. The molecule has 2 saturated carbocycles. The number of nitrogens with zero attached hydrogens (tertiary/aromatic N) is 4. The molecule has 2 N–H and O–H groups in total. The van der Waals surface area contributed by atoms with E-state index in [-0.39, 0.29) is 5.91 Å². The average Bonchev–Trinajstić information content (AvgIpc) is 3.45. The summed E-state index contributed by atoms with van der Waals surface area (Å²) in [5.74, 6) is 3.94. The van der Waals surface area contributed by atoms with Gasteiger partial charge in [0.05, 0.1) is 5.69 Å². The molecule has 0 unspecified atom stereocenters. The average molecular weight is 351 g/mol. The lowest BCUT2D eigenvalue weighted by atomic mass is 10.1. The molecule has 2 aromatic rings.